The van der Waals surface area contributed by atoms with Gasteiger partial charge in [-0.05, 0) is 48.9 Å². The van der Waals surface area contributed by atoms with Crippen LogP contribution in [0.25, 0.3) is 0 Å². The van der Waals surface area contributed by atoms with Crippen molar-refractivity contribution >= 4 is 17.7 Å². The molecule has 0 saturated carbocycles. The van der Waals surface area contributed by atoms with Crippen LogP contribution in [-0.4, -0.2) is 11.7 Å². The highest BCUT2D eigenvalue weighted by Gasteiger charge is 2.10. The Balaban J connectivity index is 1.83. The van der Waals surface area contributed by atoms with E-state index in [1.54, 1.807) is 24.3 Å². The van der Waals surface area contributed by atoms with Crippen molar-refractivity contribution in [1.82, 2.24) is 5.32 Å². The van der Waals surface area contributed by atoms with Crippen LogP contribution in [0.15, 0.2) is 53.4 Å². The lowest BCUT2D eigenvalue weighted by molar-refractivity contribution is -0.119. The van der Waals surface area contributed by atoms with Gasteiger partial charge in [0.25, 0.3) is 0 Å². The van der Waals surface area contributed by atoms with Gasteiger partial charge in [-0.3, -0.25) is 4.79 Å². The number of carbonyl (C=O) groups is 1. The number of hydrogen-bond acceptors (Lipinski definition) is 2. The van der Waals surface area contributed by atoms with Crippen LogP contribution < -0.4 is 5.32 Å². The van der Waals surface area contributed by atoms with E-state index in [0.29, 0.717) is 0 Å². The molecule has 0 saturated heterocycles. The van der Waals surface area contributed by atoms with Crippen LogP contribution in [0.4, 0.5) is 8.78 Å². The Labute approximate surface area is 126 Å². The van der Waals surface area contributed by atoms with E-state index in [1.807, 2.05) is 6.92 Å². The number of rotatable bonds is 5. The van der Waals surface area contributed by atoms with Crippen molar-refractivity contribution in [1.29, 1.82) is 0 Å². The van der Waals surface area contributed by atoms with Crippen LogP contribution in [0.5, 0.6) is 0 Å². The first-order valence-electron chi connectivity index (χ1n) is 6.48. The molecule has 0 aliphatic carbocycles. The molecule has 0 radical (unpaired) electrons. The van der Waals surface area contributed by atoms with Gasteiger partial charge in [-0.25, -0.2) is 8.78 Å². The summed E-state index contributed by atoms with van der Waals surface area (Å²) in [4.78, 5) is 12.7. The van der Waals surface area contributed by atoms with Crippen molar-refractivity contribution in [2.75, 3.05) is 5.75 Å². The van der Waals surface area contributed by atoms with Crippen molar-refractivity contribution in [2.24, 2.45) is 0 Å². The fourth-order valence-electron chi connectivity index (χ4n) is 1.80. The number of halogens is 2. The monoisotopic (exact) mass is 307 g/mol. The first kappa shape index (κ1) is 15.5. The van der Waals surface area contributed by atoms with E-state index in [2.05, 4.69) is 5.32 Å². The van der Waals surface area contributed by atoms with E-state index in [1.165, 1.54) is 36.0 Å². The lowest BCUT2D eigenvalue weighted by Gasteiger charge is -2.14. The molecule has 0 aliphatic rings. The molecule has 2 aromatic carbocycles. The minimum absolute atomic E-state index is 0.124. The summed E-state index contributed by atoms with van der Waals surface area (Å²) < 4.78 is 25.6. The van der Waals surface area contributed by atoms with Gasteiger partial charge in [-0.2, -0.15) is 0 Å². The molecule has 1 N–H and O–H groups in total. The van der Waals surface area contributed by atoms with Gasteiger partial charge in [-0.15, -0.1) is 11.8 Å². The minimum atomic E-state index is -0.302. The highest BCUT2D eigenvalue weighted by atomic mass is 32.2. The highest BCUT2D eigenvalue weighted by molar-refractivity contribution is 8.00. The Kier molecular flexibility index (Phi) is 5.33. The fourth-order valence-corrected chi connectivity index (χ4v) is 2.51. The van der Waals surface area contributed by atoms with E-state index < -0.39 is 0 Å². The summed E-state index contributed by atoms with van der Waals surface area (Å²) in [6.45, 7) is 1.84. The van der Waals surface area contributed by atoms with Crippen molar-refractivity contribution in [3.05, 3.63) is 65.7 Å². The SMILES string of the molecule is C[C@H](NC(=O)CSc1ccc(F)cc1)c1ccc(F)cc1. The van der Waals surface area contributed by atoms with E-state index in [-0.39, 0.29) is 29.3 Å². The molecular weight excluding hydrogens is 292 g/mol. The topological polar surface area (TPSA) is 29.1 Å². The number of benzene rings is 2. The van der Waals surface area contributed by atoms with Crippen LogP contribution in [0.3, 0.4) is 0 Å². The molecule has 5 heteroatoms. The van der Waals surface area contributed by atoms with Crippen LogP contribution in [0.1, 0.15) is 18.5 Å². The van der Waals surface area contributed by atoms with Gasteiger partial charge in [-0.1, -0.05) is 12.1 Å². The number of thioether (sulfide) groups is 1. The molecule has 1 amide bonds. The zero-order valence-corrected chi connectivity index (χ0v) is 12.3. The molecule has 0 aliphatic heterocycles. The molecule has 0 fully saturated rings. The predicted octanol–water partition coefficient (Wildman–Crippen LogP) is 3.93. The Morgan fingerprint density at radius 3 is 2.14 bits per heavy atom. The van der Waals surface area contributed by atoms with E-state index in [0.717, 1.165) is 10.5 Å². The second-order valence-electron chi connectivity index (χ2n) is 4.58. The number of carbonyl (C=O) groups excluding carboxylic acids is 1. The molecule has 0 aromatic heterocycles. The first-order valence-corrected chi connectivity index (χ1v) is 7.46. The molecule has 2 aromatic rings. The van der Waals surface area contributed by atoms with Crippen LogP contribution in [-0.2, 0) is 4.79 Å². The quantitative estimate of drug-likeness (QED) is 0.848. The molecule has 2 rings (SSSR count). The number of hydrogen-bond donors (Lipinski definition) is 1. The summed E-state index contributed by atoms with van der Waals surface area (Å²) in [6, 6.07) is 11.8. The third-order valence-corrected chi connectivity index (χ3v) is 3.94. The van der Waals surface area contributed by atoms with E-state index in [4.69, 9.17) is 0 Å². The largest absolute Gasteiger partial charge is 0.349 e. The van der Waals surface area contributed by atoms with Gasteiger partial charge in [0.05, 0.1) is 11.8 Å². The van der Waals surface area contributed by atoms with Gasteiger partial charge in [0.2, 0.25) is 5.91 Å². The Morgan fingerprint density at radius 2 is 1.57 bits per heavy atom. The molecule has 0 heterocycles. The average Bonchev–Trinajstić information content (AvgIpc) is 2.47. The smallest absolute Gasteiger partial charge is 0.230 e. The van der Waals surface area contributed by atoms with Crippen molar-refractivity contribution in [3.8, 4) is 0 Å². The Bertz CT molecular complexity index is 599. The van der Waals surface area contributed by atoms with Crippen molar-refractivity contribution in [3.63, 3.8) is 0 Å². The molecule has 0 unspecified atom stereocenters. The standard InChI is InChI=1S/C16H15F2NOS/c1-11(12-2-4-13(17)5-3-12)19-16(20)10-21-15-8-6-14(18)7-9-15/h2-9,11H,10H2,1H3,(H,19,20)/t11-/m0/s1. The Morgan fingerprint density at radius 1 is 1.05 bits per heavy atom. The fraction of sp³-hybridized carbons (Fsp3) is 0.188. The molecule has 0 bridgehead atoms. The van der Waals surface area contributed by atoms with E-state index >= 15 is 0 Å². The lowest BCUT2D eigenvalue weighted by atomic mass is 10.1. The number of amides is 1. The number of nitrogens with one attached hydrogen (secondary N) is 1. The molecule has 1 atom stereocenters. The van der Waals surface area contributed by atoms with E-state index in [9.17, 15) is 13.6 Å². The van der Waals surface area contributed by atoms with Crippen LogP contribution >= 0.6 is 11.8 Å². The normalized spacial score (nSPS) is 12.0. The third-order valence-electron chi connectivity index (χ3n) is 2.93. The zero-order chi connectivity index (χ0) is 15.2. The van der Waals surface area contributed by atoms with Crippen molar-refractivity contribution in [2.45, 2.75) is 17.9 Å². The maximum absolute atomic E-state index is 12.8. The summed E-state index contributed by atoms with van der Waals surface area (Å²) in [5.74, 6) is -0.476. The van der Waals surface area contributed by atoms with Crippen LogP contribution in [0.2, 0.25) is 0 Å². The van der Waals surface area contributed by atoms with Crippen molar-refractivity contribution < 1.29 is 13.6 Å². The second-order valence-corrected chi connectivity index (χ2v) is 5.63. The van der Waals surface area contributed by atoms with Gasteiger partial charge < -0.3 is 5.32 Å². The van der Waals surface area contributed by atoms with Crippen LogP contribution in [0, 0.1) is 11.6 Å². The molecule has 21 heavy (non-hydrogen) atoms. The maximum Gasteiger partial charge on any atom is 0.230 e. The summed E-state index contributed by atoms with van der Waals surface area (Å²) in [6.07, 6.45) is 0. The summed E-state index contributed by atoms with van der Waals surface area (Å²) in [7, 11) is 0. The molecule has 110 valence electrons. The summed E-state index contributed by atoms with van der Waals surface area (Å²) >= 11 is 1.34. The Hall–Kier alpha value is -1.88. The third kappa shape index (κ3) is 4.86. The zero-order valence-electron chi connectivity index (χ0n) is 11.5. The van der Waals surface area contributed by atoms with Gasteiger partial charge in [0.1, 0.15) is 11.6 Å². The maximum atomic E-state index is 12.8. The molecular formula is C16H15F2NOS. The predicted molar refractivity (Wildman–Crippen MR) is 80.1 cm³/mol. The van der Waals surface area contributed by atoms with Gasteiger partial charge in [0.15, 0.2) is 0 Å². The lowest BCUT2D eigenvalue weighted by Crippen LogP contribution is -2.28. The summed E-state index contributed by atoms with van der Waals surface area (Å²) in [5.41, 5.74) is 0.844. The molecule has 2 nitrogen and oxygen atoms in total. The second kappa shape index (κ2) is 7.22. The van der Waals surface area contributed by atoms with Gasteiger partial charge >= 0.3 is 0 Å². The van der Waals surface area contributed by atoms with Gasteiger partial charge in [0, 0.05) is 4.90 Å². The average molecular weight is 307 g/mol. The molecule has 0 spiro atoms. The highest BCUT2D eigenvalue weighted by Crippen LogP contribution is 2.18. The minimum Gasteiger partial charge on any atom is -0.349 e. The summed E-state index contributed by atoms with van der Waals surface area (Å²) in [5, 5.41) is 2.84. The first-order chi connectivity index (χ1) is 10.0.